The molecule has 0 saturated carbocycles. The van der Waals surface area contributed by atoms with E-state index in [0.29, 0.717) is 23.9 Å². The van der Waals surface area contributed by atoms with E-state index < -0.39 is 0 Å². The molecule has 0 unspecified atom stereocenters. The molecule has 4 heterocycles. The van der Waals surface area contributed by atoms with Crippen molar-refractivity contribution in [2.45, 2.75) is 26.8 Å². The van der Waals surface area contributed by atoms with Crippen molar-refractivity contribution in [3.63, 3.8) is 0 Å². The van der Waals surface area contributed by atoms with Crippen molar-refractivity contribution in [1.82, 2.24) is 20.2 Å². The number of nitrogens with one attached hydrogen (secondary N) is 1. The number of aromatic amines is 1. The zero-order valence-electron chi connectivity index (χ0n) is 16.0. The topological polar surface area (TPSA) is 129 Å². The lowest BCUT2D eigenvalue weighted by atomic mass is 9.99. The molecule has 5 N–H and O–H groups in total. The fourth-order valence-electron chi connectivity index (χ4n) is 3.08. The Morgan fingerprint density at radius 3 is 2.79 bits per heavy atom. The molecule has 0 amide bonds. The second-order valence-corrected chi connectivity index (χ2v) is 6.88. The van der Waals surface area contributed by atoms with Gasteiger partial charge in [0.15, 0.2) is 17.2 Å². The van der Waals surface area contributed by atoms with Crippen molar-refractivity contribution in [3.8, 4) is 28.1 Å². The van der Waals surface area contributed by atoms with Gasteiger partial charge in [0.2, 0.25) is 0 Å². The number of pyridine rings is 2. The summed E-state index contributed by atoms with van der Waals surface area (Å²) in [6.45, 7) is 6.03. The van der Waals surface area contributed by atoms with Crippen LogP contribution in [0.5, 0.6) is 5.75 Å². The second kappa shape index (κ2) is 6.97. The molecule has 4 aromatic heterocycles. The number of nitrogen functional groups attached to an aromatic ring is 1. The molecule has 0 aliphatic rings. The molecule has 8 nitrogen and oxygen atoms in total. The van der Waals surface area contributed by atoms with Gasteiger partial charge in [-0.15, -0.1) is 0 Å². The molecule has 144 valence electrons. The first-order valence-corrected chi connectivity index (χ1v) is 8.98. The number of hydrogen-bond donors (Lipinski definition) is 3. The van der Waals surface area contributed by atoms with Crippen molar-refractivity contribution < 1.29 is 9.15 Å². The summed E-state index contributed by atoms with van der Waals surface area (Å²) in [5.74, 6) is 1.54. The van der Waals surface area contributed by atoms with E-state index in [0.717, 1.165) is 39.2 Å². The normalized spacial score (nSPS) is 12.4. The third-order valence-electron chi connectivity index (χ3n) is 4.55. The first-order valence-electron chi connectivity index (χ1n) is 8.98. The Morgan fingerprint density at radius 2 is 2.07 bits per heavy atom. The van der Waals surface area contributed by atoms with Crippen LogP contribution in [0, 0.1) is 13.8 Å². The highest BCUT2D eigenvalue weighted by molar-refractivity contribution is 5.89. The van der Waals surface area contributed by atoms with Gasteiger partial charge in [0.25, 0.3) is 0 Å². The monoisotopic (exact) mass is 378 g/mol. The Kier molecular flexibility index (Phi) is 4.48. The number of nitrogens with two attached hydrogens (primary N) is 2. The van der Waals surface area contributed by atoms with E-state index in [1.165, 1.54) is 0 Å². The number of aromatic nitrogens is 4. The predicted molar refractivity (Wildman–Crippen MR) is 108 cm³/mol. The molecule has 4 aromatic rings. The molecule has 0 fully saturated rings. The van der Waals surface area contributed by atoms with Crippen LogP contribution < -0.4 is 16.2 Å². The van der Waals surface area contributed by atoms with E-state index >= 15 is 0 Å². The van der Waals surface area contributed by atoms with Gasteiger partial charge in [0.1, 0.15) is 12.4 Å². The molecule has 0 saturated heterocycles. The lowest BCUT2D eigenvalue weighted by molar-refractivity contribution is 0.297. The quantitative estimate of drug-likeness (QED) is 0.486. The van der Waals surface area contributed by atoms with E-state index in [4.69, 9.17) is 20.6 Å². The highest BCUT2D eigenvalue weighted by Crippen LogP contribution is 2.38. The molecule has 4 rings (SSSR count). The average Bonchev–Trinajstić information content (AvgIpc) is 3.26. The Bertz CT molecular complexity index is 1150. The number of H-pyrrole nitrogens is 1. The van der Waals surface area contributed by atoms with Gasteiger partial charge in [-0.1, -0.05) is 0 Å². The van der Waals surface area contributed by atoms with E-state index in [-0.39, 0.29) is 6.04 Å². The Hall–Kier alpha value is -3.39. The Balaban J connectivity index is 1.91. The Morgan fingerprint density at radius 1 is 1.25 bits per heavy atom. The van der Waals surface area contributed by atoms with Crippen molar-refractivity contribution in [1.29, 1.82) is 0 Å². The minimum atomic E-state index is -0.120. The number of anilines is 1. The lowest BCUT2D eigenvalue weighted by Crippen LogP contribution is -2.24. The number of furan rings is 1. The summed E-state index contributed by atoms with van der Waals surface area (Å²) < 4.78 is 11.3. The third-order valence-corrected chi connectivity index (χ3v) is 4.55. The molecule has 0 spiro atoms. The van der Waals surface area contributed by atoms with Crippen LogP contribution in [0.25, 0.3) is 33.4 Å². The highest BCUT2D eigenvalue weighted by atomic mass is 16.5. The summed E-state index contributed by atoms with van der Waals surface area (Å²) >= 11 is 0. The highest BCUT2D eigenvalue weighted by Gasteiger charge is 2.18. The van der Waals surface area contributed by atoms with Crippen LogP contribution in [0.15, 0.2) is 35.1 Å². The fraction of sp³-hybridized carbons (Fsp3) is 0.250. The summed E-state index contributed by atoms with van der Waals surface area (Å²) in [6, 6.07) is 5.66. The van der Waals surface area contributed by atoms with Crippen molar-refractivity contribution in [2.24, 2.45) is 5.73 Å². The molecule has 1 atom stereocenters. The molecule has 0 bridgehead atoms. The second-order valence-electron chi connectivity index (χ2n) is 6.88. The molecule has 0 aromatic carbocycles. The first-order chi connectivity index (χ1) is 13.4. The van der Waals surface area contributed by atoms with Gasteiger partial charge in [-0.2, -0.15) is 5.10 Å². The van der Waals surface area contributed by atoms with E-state index in [9.17, 15) is 0 Å². The van der Waals surface area contributed by atoms with Crippen LogP contribution in [-0.4, -0.2) is 32.8 Å². The number of rotatable bonds is 5. The van der Waals surface area contributed by atoms with Crippen LogP contribution in [0.2, 0.25) is 0 Å². The summed E-state index contributed by atoms with van der Waals surface area (Å²) in [4.78, 5) is 9.11. The third kappa shape index (κ3) is 3.18. The zero-order valence-corrected chi connectivity index (χ0v) is 16.0. The Labute approximate surface area is 161 Å². The van der Waals surface area contributed by atoms with Gasteiger partial charge in [-0.25, -0.2) is 9.97 Å². The molecule has 0 aliphatic carbocycles. The summed E-state index contributed by atoms with van der Waals surface area (Å²) in [5.41, 5.74) is 16.9. The zero-order chi connectivity index (χ0) is 19.8. The fourth-order valence-corrected chi connectivity index (χ4v) is 3.08. The molecule has 8 heteroatoms. The van der Waals surface area contributed by atoms with Crippen LogP contribution in [0.3, 0.4) is 0 Å². The first kappa shape index (κ1) is 18.0. The van der Waals surface area contributed by atoms with Gasteiger partial charge in [-0.05, 0) is 39.0 Å². The van der Waals surface area contributed by atoms with Crippen LogP contribution in [-0.2, 0) is 0 Å². The summed E-state index contributed by atoms with van der Waals surface area (Å²) in [7, 11) is 0. The minimum absolute atomic E-state index is 0.120. The molecular weight excluding hydrogens is 356 g/mol. The number of fused-ring (bicyclic) bond motifs is 1. The maximum Gasteiger partial charge on any atom is 0.166 e. The number of hydrogen-bond acceptors (Lipinski definition) is 7. The lowest BCUT2D eigenvalue weighted by Gasteiger charge is -2.15. The standard InChI is InChI=1S/C20H22N6O2/c1-10(21)9-28-17-7-16(13-6-15-11(2)25-26-20(15)23-8-13)18(24-19(17)22)14-4-5-27-12(14)3/h4-8,10H,9,21H2,1-3H3,(H2,22,24)(H,23,25,26)/t10-/m0/s1. The van der Waals surface area contributed by atoms with Gasteiger partial charge >= 0.3 is 0 Å². The van der Waals surface area contributed by atoms with E-state index in [1.54, 1.807) is 12.5 Å². The maximum atomic E-state index is 6.17. The molecule has 0 aliphatic heterocycles. The number of ether oxygens (including phenoxy) is 1. The van der Waals surface area contributed by atoms with Gasteiger partial charge in [0.05, 0.1) is 17.7 Å². The van der Waals surface area contributed by atoms with Crippen molar-refractivity contribution in [3.05, 3.63) is 42.1 Å². The molecular formula is C20H22N6O2. The summed E-state index contributed by atoms with van der Waals surface area (Å²) in [5, 5.41) is 8.09. The molecule has 28 heavy (non-hydrogen) atoms. The van der Waals surface area contributed by atoms with Crippen molar-refractivity contribution in [2.75, 3.05) is 12.3 Å². The molecule has 0 radical (unpaired) electrons. The van der Waals surface area contributed by atoms with E-state index in [2.05, 4.69) is 20.2 Å². The SMILES string of the molecule is Cc1occc1-c1nc(N)c(OC[C@H](C)N)cc1-c1cnc2[nH]nc(C)c2c1. The minimum Gasteiger partial charge on any atom is -0.488 e. The average molecular weight is 378 g/mol. The van der Waals surface area contributed by atoms with E-state index in [1.807, 2.05) is 39.0 Å². The van der Waals surface area contributed by atoms with Crippen LogP contribution >= 0.6 is 0 Å². The van der Waals surface area contributed by atoms with Crippen molar-refractivity contribution >= 4 is 16.9 Å². The summed E-state index contributed by atoms with van der Waals surface area (Å²) in [6.07, 6.45) is 3.41. The predicted octanol–water partition coefficient (Wildman–Crippen LogP) is 3.20. The van der Waals surface area contributed by atoms with Crippen LogP contribution in [0.1, 0.15) is 18.4 Å². The number of nitrogens with zero attached hydrogens (tertiary/aromatic N) is 3. The largest absolute Gasteiger partial charge is 0.488 e. The maximum absolute atomic E-state index is 6.17. The number of aryl methyl sites for hydroxylation is 2. The van der Waals surface area contributed by atoms with Crippen LogP contribution in [0.4, 0.5) is 5.82 Å². The van der Waals surface area contributed by atoms with Gasteiger partial charge in [-0.3, -0.25) is 5.10 Å². The van der Waals surface area contributed by atoms with Gasteiger partial charge in [0, 0.05) is 34.3 Å². The van der Waals surface area contributed by atoms with Gasteiger partial charge < -0.3 is 20.6 Å². The smallest absolute Gasteiger partial charge is 0.166 e.